The number of carbonyl (C=O) groups excluding carboxylic acids is 1. The fourth-order valence-electron chi connectivity index (χ4n) is 1.32. The van der Waals surface area contributed by atoms with Crippen molar-refractivity contribution in [2.45, 2.75) is 19.1 Å². The Hall–Kier alpha value is -0.500. The van der Waals surface area contributed by atoms with Gasteiger partial charge in [0, 0.05) is 17.1 Å². The van der Waals surface area contributed by atoms with Gasteiger partial charge < -0.3 is 10.2 Å². The van der Waals surface area contributed by atoms with Crippen LogP contribution in [0.2, 0.25) is 0 Å². The van der Waals surface area contributed by atoms with Gasteiger partial charge in [0.15, 0.2) is 5.12 Å². The van der Waals surface area contributed by atoms with E-state index in [2.05, 4.69) is 15.9 Å². The Morgan fingerprint density at radius 3 is 2.33 bits per heavy atom. The molecule has 0 aliphatic rings. The predicted octanol–water partition coefficient (Wildman–Crippen LogP) is 2.40. The van der Waals surface area contributed by atoms with Gasteiger partial charge in [0.25, 0.3) is 0 Å². The van der Waals surface area contributed by atoms with Crippen molar-refractivity contribution in [2.75, 3.05) is 5.75 Å². The molecular formula is C11H11BrF2O3S. The molecule has 1 aromatic carbocycles. The van der Waals surface area contributed by atoms with Crippen LogP contribution in [0.4, 0.5) is 8.78 Å². The zero-order valence-corrected chi connectivity index (χ0v) is 11.8. The van der Waals surface area contributed by atoms with Crippen LogP contribution >= 0.6 is 27.7 Å². The largest absolute Gasteiger partial charge is 0.389 e. The third-order valence-electron chi connectivity index (χ3n) is 2.16. The summed E-state index contributed by atoms with van der Waals surface area (Å²) in [4.78, 5) is 10.7. The van der Waals surface area contributed by atoms with E-state index in [9.17, 15) is 23.8 Å². The first-order valence-electron chi connectivity index (χ1n) is 4.97. The molecule has 3 nitrogen and oxygen atoms in total. The van der Waals surface area contributed by atoms with Crippen LogP contribution in [0.15, 0.2) is 16.6 Å². The minimum absolute atomic E-state index is 0.133. The number of benzene rings is 1. The minimum Gasteiger partial charge on any atom is -0.389 e. The van der Waals surface area contributed by atoms with Crippen LogP contribution in [0.5, 0.6) is 0 Å². The van der Waals surface area contributed by atoms with E-state index in [-0.39, 0.29) is 15.3 Å². The molecule has 2 atom stereocenters. The molecule has 0 aliphatic heterocycles. The highest BCUT2D eigenvalue weighted by Crippen LogP contribution is 2.28. The standard InChI is InChI=1S/C11H11BrF2O3S/c1-5(15)18-4-9(16)11(17)10-7(13)2-6(12)3-8(10)14/h2-3,9,11,16-17H,4H2,1H3. The Morgan fingerprint density at radius 1 is 1.39 bits per heavy atom. The van der Waals surface area contributed by atoms with E-state index in [1.54, 1.807) is 0 Å². The fourth-order valence-corrected chi connectivity index (χ4v) is 2.31. The molecule has 0 heterocycles. The lowest BCUT2D eigenvalue weighted by atomic mass is 10.0. The molecule has 1 aromatic rings. The lowest BCUT2D eigenvalue weighted by Gasteiger charge is -2.18. The molecule has 0 bridgehead atoms. The summed E-state index contributed by atoms with van der Waals surface area (Å²) in [5, 5.41) is 19.0. The Labute approximate surface area is 115 Å². The molecule has 0 radical (unpaired) electrons. The average molecular weight is 341 g/mol. The Balaban J connectivity index is 2.89. The van der Waals surface area contributed by atoms with E-state index in [1.807, 2.05) is 0 Å². The van der Waals surface area contributed by atoms with E-state index in [0.717, 1.165) is 23.9 Å². The average Bonchev–Trinajstić information content (AvgIpc) is 2.24. The van der Waals surface area contributed by atoms with Crippen LogP contribution in [0.25, 0.3) is 0 Å². The van der Waals surface area contributed by atoms with Gasteiger partial charge in [-0.2, -0.15) is 0 Å². The SMILES string of the molecule is CC(=O)SCC(O)C(O)c1c(F)cc(Br)cc1F. The van der Waals surface area contributed by atoms with Crippen LogP contribution in [0.1, 0.15) is 18.6 Å². The van der Waals surface area contributed by atoms with Crippen LogP contribution in [-0.2, 0) is 4.79 Å². The molecule has 2 unspecified atom stereocenters. The molecule has 0 aromatic heterocycles. The Kier molecular flexibility index (Phi) is 5.71. The first-order valence-corrected chi connectivity index (χ1v) is 6.74. The number of aliphatic hydroxyl groups excluding tert-OH is 2. The number of rotatable bonds is 4. The van der Waals surface area contributed by atoms with Crippen molar-refractivity contribution < 1.29 is 23.8 Å². The number of thioether (sulfide) groups is 1. The van der Waals surface area contributed by atoms with Crippen LogP contribution in [-0.4, -0.2) is 27.2 Å². The van der Waals surface area contributed by atoms with Gasteiger partial charge in [0.05, 0.1) is 11.7 Å². The van der Waals surface area contributed by atoms with Crippen LogP contribution < -0.4 is 0 Å². The molecule has 2 N–H and O–H groups in total. The van der Waals surface area contributed by atoms with Gasteiger partial charge >= 0.3 is 0 Å². The summed E-state index contributed by atoms with van der Waals surface area (Å²) in [6.07, 6.45) is -3.14. The number of aliphatic hydroxyl groups is 2. The van der Waals surface area contributed by atoms with Gasteiger partial charge in [-0.05, 0) is 12.1 Å². The normalized spacial score (nSPS) is 14.3. The monoisotopic (exact) mass is 340 g/mol. The molecule has 0 spiro atoms. The lowest BCUT2D eigenvalue weighted by Crippen LogP contribution is -2.23. The first-order chi connectivity index (χ1) is 8.32. The summed E-state index contributed by atoms with van der Waals surface area (Å²) >= 11 is 3.68. The molecule has 100 valence electrons. The highest BCUT2D eigenvalue weighted by atomic mass is 79.9. The topological polar surface area (TPSA) is 57.5 Å². The highest BCUT2D eigenvalue weighted by Gasteiger charge is 2.25. The maximum atomic E-state index is 13.5. The lowest BCUT2D eigenvalue weighted by molar-refractivity contribution is -0.109. The zero-order chi connectivity index (χ0) is 13.9. The van der Waals surface area contributed by atoms with E-state index in [1.165, 1.54) is 6.92 Å². The van der Waals surface area contributed by atoms with Crippen molar-refractivity contribution in [3.63, 3.8) is 0 Å². The number of hydrogen-bond donors (Lipinski definition) is 2. The zero-order valence-electron chi connectivity index (χ0n) is 9.36. The molecule has 0 fully saturated rings. The predicted molar refractivity (Wildman–Crippen MR) is 68.2 cm³/mol. The summed E-state index contributed by atoms with van der Waals surface area (Å²) in [6, 6.07) is 1.99. The third kappa shape index (κ3) is 4.01. The Bertz CT molecular complexity index is 433. The van der Waals surface area contributed by atoms with Crippen molar-refractivity contribution in [2.24, 2.45) is 0 Å². The second-order valence-corrected chi connectivity index (χ2v) is 5.71. The third-order valence-corrected chi connectivity index (χ3v) is 3.53. The number of hydrogen-bond acceptors (Lipinski definition) is 4. The van der Waals surface area contributed by atoms with Crippen molar-refractivity contribution in [3.8, 4) is 0 Å². The minimum atomic E-state index is -1.72. The fraction of sp³-hybridized carbons (Fsp3) is 0.364. The maximum absolute atomic E-state index is 13.5. The van der Waals surface area contributed by atoms with Crippen molar-refractivity contribution in [1.29, 1.82) is 0 Å². The second kappa shape index (κ2) is 6.60. The summed E-state index contributed by atoms with van der Waals surface area (Å²) in [6.45, 7) is 1.30. The smallest absolute Gasteiger partial charge is 0.185 e. The number of halogens is 3. The van der Waals surface area contributed by atoms with Gasteiger partial charge in [-0.1, -0.05) is 27.7 Å². The van der Waals surface area contributed by atoms with Gasteiger partial charge in [-0.3, -0.25) is 4.79 Å². The molecule has 1 rings (SSSR count). The quantitative estimate of drug-likeness (QED) is 0.883. The van der Waals surface area contributed by atoms with Gasteiger partial charge in [-0.15, -0.1) is 0 Å². The summed E-state index contributed by atoms with van der Waals surface area (Å²) in [5.74, 6) is -2.05. The molecule has 0 saturated carbocycles. The van der Waals surface area contributed by atoms with E-state index >= 15 is 0 Å². The summed E-state index contributed by atoms with van der Waals surface area (Å²) < 4.78 is 27.2. The van der Waals surface area contributed by atoms with E-state index < -0.39 is 29.4 Å². The molecule has 18 heavy (non-hydrogen) atoms. The van der Waals surface area contributed by atoms with Gasteiger partial charge in [0.2, 0.25) is 0 Å². The van der Waals surface area contributed by atoms with Crippen molar-refractivity contribution in [3.05, 3.63) is 33.8 Å². The van der Waals surface area contributed by atoms with Crippen LogP contribution in [0.3, 0.4) is 0 Å². The van der Waals surface area contributed by atoms with Crippen LogP contribution in [0, 0.1) is 11.6 Å². The van der Waals surface area contributed by atoms with E-state index in [0.29, 0.717) is 0 Å². The summed E-state index contributed by atoms with van der Waals surface area (Å²) in [7, 11) is 0. The second-order valence-electron chi connectivity index (χ2n) is 3.60. The molecular weight excluding hydrogens is 330 g/mol. The summed E-state index contributed by atoms with van der Waals surface area (Å²) in [5.41, 5.74) is -0.602. The van der Waals surface area contributed by atoms with Gasteiger partial charge in [-0.25, -0.2) is 8.78 Å². The Morgan fingerprint density at radius 2 is 1.89 bits per heavy atom. The maximum Gasteiger partial charge on any atom is 0.185 e. The van der Waals surface area contributed by atoms with Crippen molar-refractivity contribution in [1.82, 2.24) is 0 Å². The van der Waals surface area contributed by atoms with Crippen molar-refractivity contribution >= 4 is 32.8 Å². The highest BCUT2D eigenvalue weighted by molar-refractivity contribution is 9.10. The van der Waals surface area contributed by atoms with Gasteiger partial charge in [0.1, 0.15) is 17.7 Å². The molecule has 0 aliphatic carbocycles. The molecule has 0 amide bonds. The number of carbonyl (C=O) groups is 1. The molecule has 0 saturated heterocycles. The first kappa shape index (κ1) is 15.6. The van der Waals surface area contributed by atoms with E-state index in [4.69, 9.17) is 0 Å². The molecule has 7 heteroatoms.